The van der Waals surface area contributed by atoms with Crippen molar-refractivity contribution >= 4 is 11.6 Å². The molecule has 1 aromatic rings. The van der Waals surface area contributed by atoms with Crippen molar-refractivity contribution in [1.29, 1.82) is 5.26 Å². The Balaban J connectivity index is 2.24. The summed E-state index contributed by atoms with van der Waals surface area (Å²) >= 11 is 0. The number of hydrogen-bond acceptors (Lipinski definition) is 3. The lowest BCUT2D eigenvalue weighted by molar-refractivity contribution is -0.137. The van der Waals surface area contributed by atoms with Crippen LogP contribution in [-0.2, 0) is 11.0 Å². The summed E-state index contributed by atoms with van der Waals surface area (Å²) in [6, 6.07) is 4.05. The third kappa shape index (κ3) is 3.02. The van der Waals surface area contributed by atoms with E-state index in [1.807, 2.05) is 0 Å². The van der Waals surface area contributed by atoms with Crippen molar-refractivity contribution in [2.24, 2.45) is 0 Å². The van der Waals surface area contributed by atoms with E-state index < -0.39 is 17.8 Å². The average Bonchev–Trinajstić information content (AvgIpc) is 2.40. The quantitative estimate of drug-likeness (QED) is 0.875. The summed E-state index contributed by atoms with van der Waals surface area (Å²) < 4.78 is 37.7. The number of nitriles is 1. The van der Waals surface area contributed by atoms with Crippen molar-refractivity contribution in [2.75, 3.05) is 11.9 Å². The van der Waals surface area contributed by atoms with E-state index in [0.29, 0.717) is 13.0 Å². The number of rotatable bonds is 2. The first-order valence-electron chi connectivity index (χ1n) is 6.07. The molecule has 1 unspecified atom stereocenters. The number of hydrogen-bond donors (Lipinski definition) is 2. The van der Waals surface area contributed by atoms with Gasteiger partial charge in [-0.1, -0.05) is 0 Å². The van der Waals surface area contributed by atoms with E-state index in [1.165, 1.54) is 6.07 Å². The molecule has 0 spiro atoms. The summed E-state index contributed by atoms with van der Waals surface area (Å²) in [4.78, 5) is 11.6. The minimum Gasteiger partial charge on any atom is -0.373 e. The number of nitrogens with zero attached hydrogens (tertiary/aromatic N) is 1. The third-order valence-electron chi connectivity index (χ3n) is 3.08. The Morgan fingerprint density at radius 1 is 1.40 bits per heavy atom. The molecule has 1 aliphatic rings. The summed E-state index contributed by atoms with van der Waals surface area (Å²) in [5.74, 6) is -0.208. The van der Waals surface area contributed by atoms with Gasteiger partial charge < -0.3 is 10.6 Å². The number of nitrogens with one attached hydrogen (secondary N) is 2. The second kappa shape index (κ2) is 5.41. The number of alkyl halides is 3. The minimum absolute atomic E-state index is 0.127. The maximum Gasteiger partial charge on any atom is 0.416 e. The highest BCUT2D eigenvalue weighted by Gasteiger charge is 2.31. The summed E-state index contributed by atoms with van der Waals surface area (Å²) in [5, 5.41) is 14.4. The zero-order valence-electron chi connectivity index (χ0n) is 10.4. The van der Waals surface area contributed by atoms with Gasteiger partial charge in [0.1, 0.15) is 12.1 Å². The molecule has 20 heavy (non-hydrogen) atoms. The highest BCUT2D eigenvalue weighted by atomic mass is 19.4. The van der Waals surface area contributed by atoms with Crippen LogP contribution in [0.15, 0.2) is 18.2 Å². The lowest BCUT2D eigenvalue weighted by Crippen LogP contribution is -2.44. The molecule has 1 aromatic carbocycles. The molecule has 0 radical (unpaired) electrons. The van der Waals surface area contributed by atoms with Gasteiger partial charge in [0.2, 0.25) is 5.91 Å². The first-order valence-corrected chi connectivity index (χ1v) is 6.07. The largest absolute Gasteiger partial charge is 0.416 e. The number of carbonyl (C=O) groups is 1. The lowest BCUT2D eigenvalue weighted by Gasteiger charge is -2.24. The molecular formula is C13H12F3N3O. The lowest BCUT2D eigenvalue weighted by atomic mass is 10.0. The molecule has 1 heterocycles. The monoisotopic (exact) mass is 283 g/mol. The summed E-state index contributed by atoms with van der Waals surface area (Å²) in [7, 11) is 0. The van der Waals surface area contributed by atoms with Gasteiger partial charge >= 0.3 is 6.18 Å². The van der Waals surface area contributed by atoms with Gasteiger partial charge in [-0.25, -0.2) is 0 Å². The molecular weight excluding hydrogens is 271 g/mol. The molecule has 1 saturated heterocycles. The Labute approximate surface area is 113 Å². The van der Waals surface area contributed by atoms with E-state index in [1.54, 1.807) is 6.07 Å². The molecule has 1 aliphatic heterocycles. The minimum atomic E-state index is -4.49. The highest BCUT2D eigenvalue weighted by molar-refractivity contribution is 5.85. The van der Waals surface area contributed by atoms with E-state index in [0.717, 1.165) is 18.6 Å². The maximum absolute atomic E-state index is 12.6. The molecule has 7 heteroatoms. The molecule has 0 aliphatic carbocycles. The van der Waals surface area contributed by atoms with Gasteiger partial charge in [0.05, 0.1) is 16.8 Å². The molecule has 106 valence electrons. The third-order valence-corrected chi connectivity index (χ3v) is 3.08. The van der Waals surface area contributed by atoms with E-state index in [4.69, 9.17) is 5.26 Å². The van der Waals surface area contributed by atoms with Crippen LogP contribution in [0.5, 0.6) is 0 Å². The van der Waals surface area contributed by atoms with Gasteiger partial charge in [-0.3, -0.25) is 4.79 Å². The normalized spacial score (nSPS) is 19.1. The second-order valence-electron chi connectivity index (χ2n) is 4.50. The molecule has 1 fully saturated rings. The zero-order valence-corrected chi connectivity index (χ0v) is 10.4. The van der Waals surface area contributed by atoms with Crippen LogP contribution in [0.4, 0.5) is 18.9 Å². The van der Waals surface area contributed by atoms with Crippen LogP contribution in [0.1, 0.15) is 24.0 Å². The molecule has 1 amide bonds. The summed E-state index contributed by atoms with van der Waals surface area (Å²) in [6.07, 6.45) is -3.13. The van der Waals surface area contributed by atoms with Crippen molar-refractivity contribution in [1.82, 2.24) is 5.32 Å². The smallest absolute Gasteiger partial charge is 0.373 e. The fraction of sp³-hybridized carbons (Fsp3) is 0.385. The van der Waals surface area contributed by atoms with Crippen molar-refractivity contribution in [3.8, 4) is 6.07 Å². The van der Waals surface area contributed by atoms with Gasteiger partial charge in [-0.2, -0.15) is 18.4 Å². The van der Waals surface area contributed by atoms with Gasteiger partial charge in [0, 0.05) is 6.54 Å². The molecule has 4 nitrogen and oxygen atoms in total. The van der Waals surface area contributed by atoms with Crippen LogP contribution >= 0.6 is 0 Å². The SMILES string of the molecule is N#Cc1cc(C(F)(F)F)ccc1NC1CCCNC1=O. The van der Waals surface area contributed by atoms with Crippen LogP contribution < -0.4 is 10.6 Å². The number of benzene rings is 1. The number of anilines is 1. The van der Waals surface area contributed by atoms with Crippen LogP contribution in [0.2, 0.25) is 0 Å². The highest BCUT2D eigenvalue weighted by Crippen LogP contribution is 2.32. The van der Waals surface area contributed by atoms with Crippen molar-refractivity contribution in [3.05, 3.63) is 29.3 Å². The fourth-order valence-electron chi connectivity index (χ4n) is 2.04. The Morgan fingerprint density at radius 2 is 2.15 bits per heavy atom. The van der Waals surface area contributed by atoms with Gasteiger partial charge in [0.15, 0.2) is 0 Å². The summed E-state index contributed by atoms with van der Waals surface area (Å²) in [6.45, 7) is 0.592. The molecule has 1 atom stereocenters. The Kier molecular flexibility index (Phi) is 3.84. The van der Waals surface area contributed by atoms with Gasteiger partial charge in [-0.05, 0) is 31.0 Å². The number of carbonyl (C=O) groups excluding carboxylic acids is 1. The second-order valence-corrected chi connectivity index (χ2v) is 4.50. The molecule has 2 rings (SSSR count). The van der Waals surface area contributed by atoms with E-state index in [2.05, 4.69) is 10.6 Å². The van der Waals surface area contributed by atoms with E-state index in [-0.39, 0.29) is 17.2 Å². The predicted octanol–water partition coefficient (Wildman–Crippen LogP) is 2.27. The molecule has 0 aromatic heterocycles. The van der Waals surface area contributed by atoms with E-state index >= 15 is 0 Å². The molecule has 0 bridgehead atoms. The van der Waals surface area contributed by atoms with Gasteiger partial charge in [-0.15, -0.1) is 0 Å². The number of piperidine rings is 1. The first kappa shape index (κ1) is 14.2. The summed E-state index contributed by atoms with van der Waals surface area (Å²) in [5.41, 5.74) is -0.770. The van der Waals surface area contributed by atoms with Crippen molar-refractivity contribution in [2.45, 2.75) is 25.1 Å². The Hall–Kier alpha value is -2.23. The Morgan fingerprint density at radius 3 is 2.75 bits per heavy atom. The maximum atomic E-state index is 12.6. The van der Waals surface area contributed by atoms with Crippen LogP contribution in [0.3, 0.4) is 0 Å². The zero-order chi connectivity index (χ0) is 14.8. The van der Waals surface area contributed by atoms with Crippen LogP contribution in [-0.4, -0.2) is 18.5 Å². The number of halogens is 3. The molecule has 0 saturated carbocycles. The Bertz CT molecular complexity index is 563. The van der Waals surface area contributed by atoms with Crippen molar-refractivity contribution in [3.63, 3.8) is 0 Å². The van der Waals surface area contributed by atoms with Crippen LogP contribution in [0.25, 0.3) is 0 Å². The number of amides is 1. The van der Waals surface area contributed by atoms with E-state index in [9.17, 15) is 18.0 Å². The average molecular weight is 283 g/mol. The molecule has 2 N–H and O–H groups in total. The first-order chi connectivity index (χ1) is 9.41. The standard InChI is InChI=1S/C13H12F3N3O/c14-13(15,16)9-3-4-10(8(6-9)7-17)19-11-2-1-5-18-12(11)20/h3-4,6,11,19H,1-2,5H2,(H,18,20). The van der Waals surface area contributed by atoms with Gasteiger partial charge in [0.25, 0.3) is 0 Å². The van der Waals surface area contributed by atoms with Crippen molar-refractivity contribution < 1.29 is 18.0 Å². The topological polar surface area (TPSA) is 64.9 Å². The predicted molar refractivity (Wildman–Crippen MR) is 65.8 cm³/mol. The van der Waals surface area contributed by atoms with Crippen LogP contribution in [0, 0.1) is 11.3 Å². The fourth-order valence-corrected chi connectivity index (χ4v) is 2.04.